The Hall–Kier alpha value is -1.92. The number of nitrogens with two attached hydrogens (primary N) is 1. The molecule has 1 atom stereocenters. The number of piperidine rings is 1. The second-order valence-electron chi connectivity index (χ2n) is 5.85. The van der Waals surface area contributed by atoms with Crippen LogP contribution in [0.25, 0.3) is 0 Å². The van der Waals surface area contributed by atoms with Crippen LogP contribution in [0.2, 0.25) is 5.02 Å². The van der Waals surface area contributed by atoms with Gasteiger partial charge in [0, 0.05) is 18.0 Å². The summed E-state index contributed by atoms with van der Waals surface area (Å²) in [6.45, 7) is 2.10. The van der Waals surface area contributed by atoms with Gasteiger partial charge < -0.3 is 10.3 Å². The smallest absolute Gasteiger partial charge is 0.240 e. The summed E-state index contributed by atoms with van der Waals surface area (Å²) in [5.74, 6) is 0.836. The van der Waals surface area contributed by atoms with Gasteiger partial charge in [0.15, 0.2) is 5.82 Å². The summed E-state index contributed by atoms with van der Waals surface area (Å²) in [6, 6.07) is 7.61. The van der Waals surface area contributed by atoms with E-state index in [0.717, 1.165) is 24.9 Å². The van der Waals surface area contributed by atoms with Crippen molar-refractivity contribution in [3.8, 4) is 0 Å². The first-order chi connectivity index (χ1) is 11.1. The first-order valence-electron chi connectivity index (χ1n) is 7.68. The average molecular weight is 335 g/mol. The van der Waals surface area contributed by atoms with Crippen LogP contribution in [0, 0.1) is 5.92 Å². The first-order valence-corrected chi connectivity index (χ1v) is 8.06. The van der Waals surface area contributed by atoms with E-state index >= 15 is 0 Å². The van der Waals surface area contributed by atoms with E-state index in [0.29, 0.717) is 36.2 Å². The van der Waals surface area contributed by atoms with Crippen molar-refractivity contribution in [2.45, 2.75) is 25.8 Å². The summed E-state index contributed by atoms with van der Waals surface area (Å²) in [7, 11) is 0. The van der Waals surface area contributed by atoms with Gasteiger partial charge in [-0.2, -0.15) is 4.98 Å². The molecule has 1 amide bonds. The van der Waals surface area contributed by atoms with Crippen molar-refractivity contribution in [2.75, 3.05) is 13.1 Å². The topological polar surface area (TPSA) is 85.3 Å². The predicted octanol–water partition coefficient (Wildman–Crippen LogP) is 2.01. The second-order valence-corrected chi connectivity index (χ2v) is 6.26. The standard InChI is InChI=1S/C16H19ClN4O2/c17-13-6-2-1-4-11(13)8-14-19-15(23-20-14)10-21-7-3-5-12(9-21)16(18)22/h1-2,4,6,12H,3,5,7-10H2,(H2,18,22)/t12-/m0/s1. The van der Waals surface area contributed by atoms with Gasteiger partial charge in [0.25, 0.3) is 0 Å². The van der Waals surface area contributed by atoms with Gasteiger partial charge in [-0.1, -0.05) is 35.0 Å². The molecule has 0 radical (unpaired) electrons. The van der Waals surface area contributed by atoms with Crippen molar-refractivity contribution < 1.29 is 9.32 Å². The third-order valence-corrected chi connectivity index (χ3v) is 4.45. The molecular formula is C16H19ClN4O2. The van der Waals surface area contributed by atoms with Crippen LogP contribution in [-0.2, 0) is 17.8 Å². The number of likely N-dealkylation sites (tertiary alicyclic amines) is 1. The fraction of sp³-hybridized carbons (Fsp3) is 0.438. The van der Waals surface area contributed by atoms with Crippen molar-refractivity contribution in [1.29, 1.82) is 0 Å². The molecule has 6 nitrogen and oxygen atoms in total. The third kappa shape index (κ3) is 4.09. The van der Waals surface area contributed by atoms with E-state index in [1.165, 1.54) is 0 Å². The lowest BCUT2D eigenvalue weighted by Crippen LogP contribution is -2.40. The van der Waals surface area contributed by atoms with E-state index in [1.54, 1.807) is 0 Å². The number of amides is 1. The number of halogens is 1. The minimum atomic E-state index is -0.236. The number of carbonyl (C=O) groups excluding carboxylic acids is 1. The molecule has 1 fully saturated rings. The highest BCUT2D eigenvalue weighted by atomic mass is 35.5. The number of primary amides is 1. The molecule has 7 heteroatoms. The van der Waals surface area contributed by atoms with Gasteiger partial charge in [-0.3, -0.25) is 9.69 Å². The Morgan fingerprint density at radius 3 is 3.04 bits per heavy atom. The molecule has 23 heavy (non-hydrogen) atoms. The number of benzene rings is 1. The number of nitrogens with zero attached hydrogens (tertiary/aromatic N) is 3. The quantitative estimate of drug-likeness (QED) is 0.904. The molecular weight excluding hydrogens is 316 g/mol. The van der Waals surface area contributed by atoms with Gasteiger partial charge in [-0.25, -0.2) is 0 Å². The zero-order valence-electron chi connectivity index (χ0n) is 12.7. The molecule has 3 rings (SSSR count). The van der Waals surface area contributed by atoms with Gasteiger partial charge in [-0.05, 0) is 31.0 Å². The molecule has 0 aliphatic carbocycles. The molecule has 1 aromatic carbocycles. The lowest BCUT2D eigenvalue weighted by Gasteiger charge is -2.29. The van der Waals surface area contributed by atoms with Gasteiger partial charge >= 0.3 is 0 Å². The van der Waals surface area contributed by atoms with E-state index < -0.39 is 0 Å². The molecule has 122 valence electrons. The van der Waals surface area contributed by atoms with Crippen molar-refractivity contribution in [3.05, 3.63) is 46.6 Å². The highest BCUT2D eigenvalue weighted by Crippen LogP contribution is 2.20. The molecule has 1 saturated heterocycles. The number of rotatable bonds is 5. The van der Waals surface area contributed by atoms with Gasteiger partial charge in [0.2, 0.25) is 11.8 Å². The fourth-order valence-electron chi connectivity index (χ4n) is 2.86. The van der Waals surface area contributed by atoms with Crippen molar-refractivity contribution >= 4 is 17.5 Å². The lowest BCUT2D eigenvalue weighted by molar-refractivity contribution is -0.123. The largest absolute Gasteiger partial charge is 0.369 e. The van der Waals surface area contributed by atoms with Crippen LogP contribution in [0.3, 0.4) is 0 Å². The van der Waals surface area contributed by atoms with E-state index in [-0.39, 0.29) is 11.8 Å². The second kappa shape index (κ2) is 7.10. The summed E-state index contributed by atoms with van der Waals surface area (Å²) >= 11 is 6.14. The molecule has 0 unspecified atom stereocenters. The molecule has 1 aliphatic heterocycles. The minimum Gasteiger partial charge on any atom is -0.369 e. The Balaban J connectivity index is 1.61. The summed E-state index contributed by atoms with van der Waals surface area (Å²) in [5, 5.41) is 4.70. The predicted molar refractivity (Wildman–Crippen MR) is 85.8 cm³/mol. The van der Waals surface area contributed by atoms with E-state index in [4.69, 9.17) is 21.9 Å². The lowest BCUT2D eigenvalue weighted by atomic mass is 9.97. The highest BCUT2D eigenvalue weighted by molar-refractivity contribution is 6.31. The normalized spacial score (nSPS) is 18.9. The van der Waals surface area contributed by atoms with E-state index in [9.17, 15) is 4.79 Å². The Morgan fingerprint density at radius 1 is 1.43 bits per heavy atom. The Kier molecular flexibility index (Phi) is 4.93. The molecule has 0 saturated carbocycles. The van der Waals surface area contributed by atoms with Gasteiger partial charge in [-0.15, -0.1) is 0 Å². The Morgan fingerprint density at radius 2 is 2.26 bits per heavy atom. The zero-order valence-corrected chi connectivity index (χ0v) is 13.5. The maximum Gasteiger partial charge on any atom is 0.240 e. The summed E-state index contributed by atoms with van der Waals surface area (Å²) in [4.78, 5) is 17.9. The fourth-order valence-corrected chi connectivity index (χ4v) is 3.06. The minimum absolute atomic E-state index is 0.0886. The van der Waals surface area contributed by atoms with Crippen molar-refractivity contribution in [3.63, 3.8) is 0 Å². The SMILES string of the molecule is NC(=O)[C@H]1CCCN(Cc2nc(Cc3ccccc3Cl)no2)C1. The van der Waals surface area contributed by atoms with Crippen molar-refractivity contribution in [2.24, 2.45) is 11.7 Å². The maximum atomic E-state index is 11.3. The zero-order chi connectivity index (χ0) is 16.2. The first kappa shape index (κ1) is 16.0. The molecule has 1 aliphatic rings. The van der Waals surface area contributed by atoms with Gasteiger partial charge in [0.05, 0.1) is 12.5 Å². The maximum absolute atomic E-state index is 11.3. The van der Waals surface area contributed by atoms with Crippen LogP contribution >= 0.6 is 11.6 Å². The van der Waals surface area contributed by atoms with Crippen LogP contribution in [-0.4, -0.2) is 34.0 Å². The van der Waals surface area contributed by atoms with E-state index in [2.05, 4.69) is 15.0 Å². The number of hydrogen-bond donors (Lipinski definition) is 1. The monoisotopic (exact) mass is 334 g/mol. The average Bonchev–Trinajstić information content (AvgIpc) is 2.97. The van der Waals surface area contributed by atoms with E-state index in [1.807, 2.05) is 24.3 Å². The van der Waals surface area contributed by atoms with Crippen molar-refractivity contribution in [1.82, 2.24) is 15.0 Å². The van der Waals surface area contributed by atoms with Crippen LogP contribution < -0.4 is 5.73 Å². The molecule has 0 bridgehead atoms. The molecule has 2 N–H and O–H groups in total. The Bertz CT molecular complexity index is 688. The van der Waals surface area contributed by atoms with Crippen LogP contribution in [0.4, 0.5) is 0 Å². The van der Waals surface area contributed by atoms with Gasteiger partial charge in [0.1, 0.15) is 0 Å². The number of hydrogen-bond acceptors (Lipinski definition) is 5. The van der Waals surface area contributed by atoms with Crippen LogP contribution in [0.5, 0.6) is 0 Å². The highest BCUT2D eigenvalue weighted by Gasteiger charge is 2.25. The summed E-state index contributed by atoms with van der Waals surface area (Å²) in [5.41, 5.74) is 6.36. The molecule has 1 aromatic heterocycles. The molecule has 2 aromatic rings. The van der Waals surface area contributed by atoms with Crippen LogP contribution in [0.15, 0.2) is 28.8 Å². The summed E-state index contributed by atoms with van der Waals surface area (Å²) in [6.07, 6.45) is 2.34. The molecule has 2 heterocycles. The number of carbonyl (C=O) groups is 1. The number of aromatic nitrogens is 2. The summed E-state index contributed by atoms with van der Waals surface area (Å²) < 4.78 is 5.31. The Labute approximate surface area is 139 Å². The van der Waals surface area contributed by atoms with Crippen LogP contribution in [0.1, 0.15) is 30.1 Å². The molecule has 0 spiro atoms. The third-order valence-electron chi connectivity index (χ3n) is 4.08.